The van der Waals surface area contributed by atoms with Crippen molar-refractivity contribution in [3.8, 4) is 5.75 Å². The molecule has 114 valence electrons. The smallest absolute Gasteiger partial charge is 0.335 e. The molecule has 0 heterocycles. The van der Waals surface area contributed by atoms with Gasteiger partial charge in [-0.3, -0.25) is 0 Å². The average Bonchev–Trinajstić information content (AvgIpc) is 2.58. The Balaban J connectivity index is 2.14. The molecule has 0 aliphatic heterocycles. The molecular weight excluding hydrogens is 288 g/mol. The van der Waals surface area contributed by atoms with Crippen molar-refractivity contribution in [1.29, 1.82) is 0 Å². The largest absolute Gasteiger partial charge is 0.508 e. The predicted molar refractivity (Wildman–Crippen MR) is 88.9 cm³/mol. The van der Waals surface area contributed by atoms with Gasteiger partial charge in [-0.1, -0.05) is 54.6 Å². The van der Waals surface area contributed by atoms with Crippen LogP contribution >= 0.6 is 0 Å². The quantitative estimate of drug-likeness (QED) is 0.708. The second-order valence-corrected chi connectivity index (χ2v) is 5.37. The second-order valence-electron chi connectivity index (χ2n) is 5.37. The Morgan fingerprint density at radius 3 is 2.00 bits per heavy atom. The molecule has 2 N–H and O–H groups in total. The minimum absolute atomic E-state index is 0.0869. The van der Waals surface area contributed by atoms with Crippen LogP contribution < -0.4 is 0 Å². The molecule has 0 aromatic heterocycles. The summed E-state index contributed by atoms with van der Waals surface area (Å²) in [5.41, 5.74) is 3.24. The molecule has 0 saturated carbocycles. The number of benzene rings is 3. The fourth-order valence-electron chi connectivity index (χ4n) is 2.74. The third-order valence-corrected chi connectivity index (χ3v) is 3.83. The lowest BCUT2D eigenvalue weighted by Crippen LogP contribution is -2.05. The van der Waals surface area contributed by atoms with Crippen molar-refractivity contribution in [3.05, 3.63) is 101 Å². The van der Waals surface area contributed by atoms with Crippen LogP contribution in [0.2, 0.25) is 0 Å². The highest BCUT2D eigenvalue weighted by atomic mass is 16.4. The van der Waals surface area contributed by atoms with E-state index in [1.54, 1.807) is 30.3 Å². The molecule has 0 aliphatic rings. The van der Waals surface area contributed by atoms with Crippen molar-refractivity contribution >= 4 is 5.97 Å². The van der Waals surface area contributed by atoms with Gasteiger partial charge in [0, 0.05) is 5.92 Å². The Morgan fingerprint density at radius 1 is 0.739 bits per heavy atom. The van der Waals surface area contributed by atoms with E-state index in [1.165, 1.54) is 0 Å². The molecule has 3 nitrogen and oxygen atoms in total. The number of hydrogen-bond acceptors (Lipinski definition) is 2. The van der Waals surface area contributed by atoms with Crippen LogP contribution in [0, 0.1) is 0 Å². The Hall–Kier alpha value is -3.07. The highest BCUT2D eigenvalue weighted by Crippen LogP contribution is 2.33. The minimum Gasteiger partial charge on any atom is -0.508 e. The maximum absolute atomic E-state index is 11.3. The first kappa shape index (κ1) is 14.9. The molecular formula is C20H16O3. The summed E-state index contributed by atoms with van der Waals surface area (Å²) in [6.07, 6.45) is 0. The van der Waals surface area contributed by atoms with Crippen molar-refractivity contribution in [2.24, 2.45) is 0 Å². The third-order valence-electron chi connectivity index (χ3n) is 3.83. The van der Waals surface area contributed by atoms with E-state index >= 15 is 0 Å². The molecule has 23 heavy (non-hydrogen) atoms. The summed E-state index contributed by atoms with van der Waals surface area (Å²) in [5, 5.41) is 18.8. The van der Waals surface area contributed by atoms with Crippen LogP contribution in [0.5, 0.6) is 5.75 Å². The highest BCUT2D eigenvalue weighted by molar-refractivity contribution is 5.87. The number of carbonyl (C=O) groups is 1. The molecule has 0 amide bonds. The summed E-state index contributed by atoms with van der Waals surface area (Å²) in [6.45, 7) is 0. The van der Waals surface area contributed by atoms with Gasteiger partial charge in [-0.15, -0.1) is 0 Å². The van der Waals surface area contributed by atoms with Gasteiger partial charge in [0.15, 0.2) is 0 Å². The van der Waals surface area contributed by atoms with E-state index in [4.69, 9.17) is 0 Å². The van der Waals surface area contributed by atoms with Gasteiger partial charge < -0.3 is 10.2 Å². The Labute approximate surface area is 134 Å². The van der Waals surface area contributed by atoms with E-state index < -0.39 is 5.97 Å². The molecule has 1 unspecified atom stereocenters. The first-order valence-electron chi connectivity index (χ1n) is 7.32. The van der Waals surface area contributed by atoms with E-state index in [2.05, 4.69) is 0 Å². The number of carboxylic acids is 1. The fourth-order valence-corrected chi connectivity index (χ4v) is 2.74. The lowest BCUT2D eigenvalue weighted by molar-refractivity contribution is 0.0696. The Morgan fingerprint density at radius 2 is 1.35 bits per heavy atom. The van der Waals surface area contributed by atoms with E-state index in [1.807, 2.05) is 48.5 Å². The van der Waals surface area contributed by atoms with Crippen LogP contribution in [0.4, 0.5) is 0 Å². The van der Waals surface area contributed by atoms with Gasteiger partial charge >= 0.3 is 5.97 Å². The molecule has 0 spiro atoms. The van der Waals surface area contributed by atoms with E-state index in [0.717, 1.165) is 16.7 Å². The zero-order valence-corrected chi connectivity index (χ0v) is 12.4. The standard InChI is InChI=1S/C20H16O3/c21-18-11-9-15(10-12-18)19(14-5-2-1-3-6-14)16-7-4-8-17(13-16)20(22)23/h1-13,19,21H,(H,22,23). The van der Waals surface area contributed by atoms with Crippen molar-refractivity contribution in [3.63, 3.8) is 0 Å². The van der Waals surface area contributed by atoms with E-state index in [9.17, 15) is 15.0 Å². The second kappa shape index (κ2) is 6.36. The van der Waals surface area contributed by atoms with Crippen LogP contribution in [0.3, 0.4) is 0 Å². The maximum atomic E-state index is 11.3. The number of aromatic carboxylic acids is 1. The number of phenolic OH excluding ortho intramolecular Hbond substituents is 1. The lowest BCUT2D eigenvalue weighted by atomic mass is 9.84. The van der Waals surface area contributed by atoms with Crippen molar-refractivity contribution in [2.45, 2.75) is 5.92 Å². The summed E-state index contributed by atoms with van der Waals surface area (Å²) in [5.74, 6) is -0.819. The Kier molecular flexibility index (Phi) is 4.11. The molecule has 0 saturated heterocycles. The van der Waals surface area contributed by atoms with E-state index in [-0.39, 0.29) is 17.2 Å². The maximum Gasteiger partial charge on any atom is 0.335 e. The normalized spacial score (nSPS) is 11.8. The number of rotatable bonds is 4. The van der Waals surface area contributed by atoms with Gasteiger partial charge in [0.25, 0.3) is 0 Å². The van der Waals surface area contributed by atoms with Crippen LogP contribution in [0.1, 0.15) is 33.0 Å². The SMILES string of the molecule is O=C(O)c1cccc(C(c2ccccc2)c2ccc(O)cc2)c1. The Bertz CT molecular complexity index is 808. The number of aromatic hydroxyl groups is 1. The fraction of sp³-hybridized carbons (Fsp3) is 0.0500. The summed E-state index contributed by atoms with van der Waals surface area (Å²) < 4.78 is 0. The summed E-state index contributed by atoms with van der Waals surface area (Å²) >= 11 is 0. The van der Waals surface area contributed by atoms with Gasteiger partial charge in [0.1, 0.15) is 5.75 Å². The number of carboxylic acid groups (broad SMARTS) is 1. The van der Waals surface area contributed by atoms with Crippen molar-refractivity contribution < 1.29 is 15.0 Å². The lowest BCUT2D eigenvalue weighted by Gasteiger charge is -2.19. The third kappa shape index (κ3) is 3.24. The summed E-state index contributed by atoms with van der Waals surface area (Å²) in [7, 11) is 0. The molecule has 3 rings (SSSR count). The number of hydrogen-bond donors (Lipinski definition) is 2. The number of phenols is 1. The molecule has 0 radical (unpaired) electrons. The molecule has 1 atom stereocenters. The van der Waals surface area contributed by atoms with Gasteiger partial charge in [-0.2, -0.15) is 0 Å². The monoisotopic (exact) mass is 304 g/mol. The van der Waals surface area contributed by atoms with Gasteiger partial charge in [-0.05, 0) is 41.0 Å². The molecule has 0 fully saturated rings. The van der Waals surface area contributed by atoms with Gasteiger partial charge in [0.2, 0.25) is 0 Å². The minimum atomic E-state index is -0.940. The zero-order valence-electron chi connectivity index (χ0n) is 12.4. The first-order valence-corrected chi connectivity index (χ1v) is 7.32. The van der Waals surface area contributed by atoms with Crippen molar-refractivity contribution in [2.75, 3.05) is 0 Å². The van der Waals surface area contributed by atoms with Gasteiger partial charge in [0.05, 0.1) is 5.56 Å². The summed E-state index contributed by atoms with van der Waals surface area (Å²) in [6, 6.07) is 23.9. The average molecular weight is 304 g/mol. The van der Waals surface area contributed by atoms with Crippen LogP contribution in [-0.4, -0.2) is 16.2 Å². The highest BCUT2D eigenvalue weighted by Gasteiger charge is 2.18. The van der Waals surface area contributed by atoms with Crippen LogP contribution in [0.15, 0.2) is 78.9 Å². The molecule has 3 aromatic rings. The molecule has 3 aromatic carbocycles. The molecule has 3 heteroatoms. The zero-order chi connectivity index (χ0) is 16.2. The first-order chi connectivity index (χ1) is 11.1. The van der Waals surface area contributed by atoms with E-state index in [0.29, 0.717) is 0 Å². The van der Waals surface area contributed by atoms with Crippen LogP contribution in [0.25, 0.3) is 0 Å². The molecule has 0 aliphatic carbocycles. The predicted octanol–water partition coefficient (Wildman–Crippen LogP) is 4.27. The summed E-state index contributed by atoms with van der Waals surface area (Å²) in [4.78, 5) is 11.3. The topological polar surface area (TPSA) is 57.5 Å². The van der Waals surface area contributed by atoms with Gasteiger partial charge in [-0.25, -0.2) is 4.79 Å². The molecule has 0 bridgehead atoms. The van der Waals surface area contributed by atoms with Crippen molar-refractivity contribution in [1.82, 2.24) is 0 Å². The van der Waals surface area contributed by atoms with Crippen LogP contribution in [-0.2, 0) is 0 Å².